The largest absolute Gasteiger partial charge is 0.487 e. The molecule has 156 valence electrons. The molecular formula is C22H24ClN5O2. The van der Waals surface area contributed by atoms with E-state index in [-0.39, 0.29) is 11.6 Å². The van der Waals surface area contributed by atoms with Crippen molar-refractivity contribution in [2.24, 2.45) is 4.99 Å². The third-order valence-electron chi connectivity index (χ3n) is 4.87. The monoisotopic (exact) mass is 425 g/mol. The van der Waals surface area contributed by atoms with E-state index >= 15 is 0 Å². The summed E-state index contributed by atoms with van der Waals surface area (Å²) in [7, 11) is 1.73. The number of rotatable bonds is 4. The maximum atomic E-state index is 6.10. The second-order valence-electron chi connectivity index (χ2n) is 7.75. The highest BCUT2D eigenvalue weighted by Crippen LogP contribution is 2.39. The van der Waals surface area contributed by atoms with Crippen molar-refractivity contribution in [1.82, 2.24) is 20.8 Å². The maximum absolute atomic E-state index is 6.10. The fourth-order valence-corrected chi connectivity index (χ4v) is 3.71. The molecule has 30 heavy (non-hydrogen) atoms. The van der Waals surface area contributed by atoms with Crippen LogP contribution in [0, 0.1) is 0 Å². The molecule has 0 saturated carbocycles. The molecule has 1 aliphatic rings. The van der Waals surface area contributed by atoms with E-state index < -0.39 is 0 Å². The van der Waals surface area contributed by atoms with Crippen LogP contribution in [-0.4, -0.2) is 28.7 Å². The minimum absolute atomic E-state index is 0.0702. The molecule has 0 spiro atoms. The van der Waals surface area contributed by atoms with Gasteiger partial charge in [-0.2, -0.15) is 4.98 Å². The molecule has 0 aliphatic carbocycles. The molecule has 1 unspecified atom stereocenters. The predicted octanol–water partition coefficient (Wildman–Crippen LogP) is 4.36. The van der Waals surface area contributed by atoms with E-state index in [2.05, 4.69) is 45.7 Å². The van der Waals surface area contributed by atoms with Crippen LogP contribution < -0.4 is 15.4 Å². The van der Waals surface area contributed by atoms with Gasteiger partial charge in [-0.1, -0.05) is 47.1 Å². The smallest absolute Gasteiger partial charge is 0.246 e. The molecule has 3 aromatic rings. The Bertz CT molecular complexity index is 1060. The van der Waals surface area contributed by atoms with Crippen LogP contribution in [0.2, 0.25) is 5.02 Å². The summed E-state index contributed by atoms with van der Waals surface area (Å²) in [6, 6.07) is 15.5. The van der Waals surface area contributed by atoms with Crippen LogP contribution >= 0.6 is 11.6 Å². The molecule has 0 fully saturated rings. The topological polar surface area (TPSA) is 84.6 Å². The van der Waals surface area contributed by atoms with Crippen LogP contribution in [0.5, 0.6) is 5.75 Å². The second kappa shape index (κ2) is 8.36. The highest BCUT2D eigenvalue weighted by Gasteiger charge is 2.34. The average molecular weight is 426 g/mol. The highest BCUT2D eigenvalue weighted by atomic mass is 35.5. The maximum Gasteiger partial charge on any atom is 0.246 e. The van der Waals surface area contributed by atoms with Crippen molar-refractivity contribution in [3.8, 4) is 17.1 Å². The molecule has 0 amide bonds. The Kier molecular flexibility index (Phi) is 5.63. The number of benzene rings is 2. The number of ether oxygens (including phenoxy) is 1. The van der Waals surface area contributed by atoms with Gasteiger partial charge >= 0.3 is 0 Å². The number of aliphatic imine (C=N–C) groups is 1. The molecule has 2 N–H and O–H groups in total. The molecule has 7 nitrogen and oxygen atoms in total. The zero-order valence-corrected chi connectivity index (χ0v) is 17.9. The lowest BCUT2D eigenvalue weighted by Gasteiger charge is -2.38. The number of nitrogens with zero attached hydrogens (tertiary/aromatic N) is 3. The molecule has 1 aromatic heterocycles. The van der Waals surface area contributed by atoms with Crippen molar-refractivity contribution >= 4 is 17.6 Å². The average Bonchev–Trinajstić information content (AvgIpc) is 3.19. The van der Waals surface area contributed by atoms with Gasteiger partial charge in [0.1, 0.15) is 11.4 Å². The molecule has 8 heteroatoms. The van der Waals surface area contributed by atoms with E-state index in [1.54, 1.807) is 19.2 Å². The first-order chi connectivity index (χ1) is 14.4. The van der Waals surface area contributed by atoms with Crippen LogP contribution in [0.15, 0.2) is 58.0 Å². The minimum atomic E-state index is -0.275. The van der Waals surface area contributed by atoms with Crippen molar-refractivity contribution < 1.29 is 9.26 Å². The van der Waals surface area contributed by atoms with E-state index in [0.717, 1.165) is 23.3 Å². The zero-order chi connectivity index (χ0) is 21.1. The molecule has 1 atom stereocenters. The number of halogens is 1. The Morgan fingerprint density at radius 3 is 2.87 bits per heavy atom. The molecule has 2 heterocycles. The van der Waals surface area contributed by atoms with Crippen LogP contribution in [0.1, 0.15) is 37.8 Å². The summed E-state index contributed by atoms with van der Waals surface area (Å²) in [5.41, 5.74) is 1.64. The number of hydrogen-bond donors (Lipinski definition) is 2. The fourth-order valence-electron chi connectivity index (χ4n) is 3.52. The number of fused-ring (bicyclic) bond motifs is 1. The van der Waals surface area contributed by atoms with Crippen LogP contribution in [-0.2, 0) is 6.54 Å². The van der Waals surface area contributed by atoms with Crippen molar-refractivity contribution in [2.45, 2.75) is 38.5 Å². The summed E-state index contributed by atoms with van der Waals surface area (Å²) < 4.78 is 11.5. The Hall–Kier alpha value is -3.06. The first kappa shape index (κ1) is 20.2. The first-order valence-electron chi connectivity index (χ1n) is 9.77. The van der Waals surface area contributed by atoms with Gasteiger partial charge in [0.25, 0.3) is 0 Å². The van der Waals surface area contributed by atoms with Gasteiger partial charge in [0, 0.05) is 29.6 Å². The number of hydrogen-bond acceptors (Lipinski definition) is 5. The molecule has 0 bridgehead atoms. The SMILES string of the molecule is CN=C(NCc1nc(-c2cccc(Cl)c2)no1)NC1CC(C)(C)Oc2ccccc21. The summed E-state index contributed by atoms with van der Waals surface area (Å²) in [6.07, 6.45) is 0.810. The number of para-hydroxylation sites is 1. The Morgan fingerprint density at radius 1 is 1.23 bits per heavy atom. The molecule has 4 rings (SSSR count). The summed E-state index contributed by atoms with van der Waals surface area (Å²) >= 11 is 6.04. The number of guanidine groups is 1. The van der Waals surface area contributed by atoms with Crippen molar-refractivity contribution in [2.75, 3.05) is 7.05 Å². The summed E-state index contributed by atoms with van der Waals surface area (Å²) in [6.45, 7) is 4.52. The van der Waals surface area contributed by atoms with Gasteiger partial charge in [-0.3, -0.25) is 4.99 Å². The normalized spacial score (nSPS) is 17.7. The fraction of sp³-hybridized carbons (Fsp3) is 0.318. The Balaban J connectivity index is 1.43. The predicted molar refractivity (Wildman–Crippen MR) is 117 cm³/mol. The molecular weight excluding hydrogens is 402 g/mol. The first-order valence-corrected chi connectivity index (χ1v) is 10.1. The third kappa shape index (κ3) is 4.57. The summed E-state index contributed by atoms with van der Waals surface area (Å²) in [4.78, 5) is 8.77. The van der Waals surface area contributed by atoms with Gasteiger partial charge in [0.05, 0.1) is 12.6 Å². The lowest BCUT2D eigenvalue weighted by molar-refractivity contribution is 0.0694. The second-order valence-corrected chi connectivity index (χ2v) is 8.18. The van der Waals surface area contributed by atoms with Crippen LogP contribution in [0.3, 0.4) is 0 Å². The van der Waals surface area contributed by atoms with E-state index in [9.17, 15) is 0 Å². The third-order valence-corrected chi connectivity index (χ3v) is 5.10. The Labute approximate surface area is 180 Å². The molecule has 2 aromatic carbocycles. The van der Waals surface area contributed by atoms with Crippen molar-refractivity contribution in [3.63, 3.8) is 0 Å². The van der Waals surface area contributed by atoms with Crippen molar-refractivity contribution in [1.29, 1.82) is 0 Å². The van der Waals surface area contributed by atoms with E-state index in [4.69, 9.17) is 20.9 Å². The zero-order valence-electron chi connectivity index (χ0n) is 17.1. The molecule has 0 saturated heterocycles. The van der Waals surface area contributed by atoms with Gasteiger partial charge < -0.3 is 19.9 Å². The number of aromatic nitrogens is 2. The lowest BCUT2D eigenvalue weighted by Crippen LogP contribution is -2.45. The van der Waals surface area contributed by atoms with Gasteiger partial charge in [-0.25, -0.2) is 0 Å². The van der Waals surface area contributed by atoms with Gasteiger partial charge in [0.2, 0.25) is 11.7 Å². The van der Waals surface area contributed by atoms with Crippen molar-refractivity contribution in [3.05, 3.63) is 65.0 Å². The highest BCUT2D eigenvalue weighted by molar-refractivity contribution is 6.30. The van der Waals surface area contributed by atoms with Crippen LogP contribution in [0.25, 0.3) is 11.4 Å². The van der Waals surface area contributed by atoms with E-state index in [1.165, 1.54) is 0 Å². The lowest BCUT2D eigenvalue weighted by atomic mass is 9.90. The van der Waals surface area contributed by atoms with E-state index in [0.29, 0.717) is 29.2 Å². The van der Waals surface area contributed by atoms with Gasteiger partial charge in [-0.05, 0) is 32.0 Å². The summed E-state index contributed by atoms with van der Waals surface area (Å²) in [5, 5.41) is 11.4. The van der Waals surface area contributed by atoms with Gasteiger partial charge in [0.15, 0.2) is 5.96 Å². The molecule has 0 radical (unpaired) electrons. The standard InChI is InChI=1S/C22H24ClN5O2/c1-22(2)12-17(16-9-4-5-10-18(16)29-22)26-21(24-3)25-13-19-27-20(28-30-19)14-7-6-8-15(23)11-14/h4-11,17H,12-13H2,1-3H3,(H2,24,25,26). The number of nitrogens with one attached hydrogen (secondary N) is 2. The van der Waals surface area contributed by atoms with Gasteiger partial charge in [-0.15, -0.1) is 0 Å². The summed E-state index contributed by atoms with van der Waals surface area (Å²) in [5.74, 6) is 2.50. The van der Waals surface area contributed by atoms with Crippen LogP contribution in [0.4, 0.5) is 0 Å². The quantitative estimate of drug-likeness (QED) is 0.477. The molecule has 1 aliphatic heterocycles. The van der Waals surface area contributed by atoms with E-state index in [1.807, 2.05) is 30.3 Å². The Morgan fingerprint density at radius 2 is 2.07 bits per heavy atom. The minimum Gasteiger partial charge on any atom is -0.487 e.